The molecule has 0 saturated heterocycles. The zero-order chi connectivity index (χ0) is 20.9. The number of hydrogen-bond acceptors (Lipinski definition) is 3. The lowest BCUT2D eigenvalue weighted by molar-refractivity contribution is 0.0912. The summed E-state index contributed by atoms with van der Waals surface area (Å²) in [6, 6.07) is 0.107. The first-order valence-corrected chi connectivity index (χ1v) is 13.0. The molecule has 0 aromatic carbocycles. The number of rotatable bonds is 5. The number of carbonyl (C=O) groups is 1. The van der Waals surface area contributed by atoms with Crippen molar-refractivity contribution in [2.75, 3.05) is 0 Å². The molecular formula is C23H37N3OSi. The van der Waals surface area contributed by atoms with E-state index in [9.17, 15) is 4.79 Å². The Morgan fingerprint density at radius 3 is 2.18 bits per heavy atom. The fraction of sp³-hybridized carbons (Fsp3) is 0.696. The Morgan fingerprint density at radius 2 is 1.64 bits per heavy atom. The zero-order valence-corrected chi connectivity index (χ0v) is 19.7. The van der Waals surface area contributed by atoms with Gasteiger partial charge in [0.1, 0.15) is 13.8 Å². The molecule has 1 aliphatic carbocycles. The van der Waals surface area contributed by atoms with E-state index < -0.39 is 8.07 Å². The summed E-state index contributed by atoms with van der Waals surface area (Å²) < 4.78 is 0. The van der Waals surface area contributed by atoms with Crippen molar-refractivity contribution in [1.29, 1.82) is 0 Å². The molecule has 1 aromatic rings. The maximum Gasteiger partial charge on any atom is 0.271 e. The van der Waals surface area contributed by atoms with E-state index in [1.165, 1.54) is 6.42 Å². The summed E-state index contributed by atoms with van der Waals surface area (Å²) >= 11 is 0. The average Bonchev–Trinajstić information content (AvgIpc) is 2.63. The van der Waals surface area contributed by atoms with Gasteiger partial charge < -0.3 is 5.32 Å². The van der Waals surface area contributed by atoms with Gasteiger partial charge in [-0.15, -0.1) is 11.5 Å². The fourth-order valence-corrected chi connectivity index (χ4v) is 10.2. The van der Waals surface area contributed by atoms with E-state index in [2.05, 4.69) is 68.3 Å². The van der Waals surface area contributed by atoms with Crippen LogP contribution in [0.3, 0.4) is 0 Å². The van der Waals surface area contributed by atoms with Crippen molar-refractivity contribution >= 4 is 14.0 Å². The molecule has 1 aromatic heterocycles. The van der Waals surface area contributed by atoms with E-state index in [0.717, 1.165) is 25.0 Å². The van der Waals surface area contributed by atoms with E-state index in [-0.39, 0.29) is 17.9 Å². The topological polar surface area (TPSA) is 54.9 Å². The van der Waals surface area contributed by atoms with Gasteiger partial charge in [0.2, 0.25) is 0 Å². The third-order valence-corrected chi connectivity index (χ3v) is 12.7. The summed E-state index contributed by atoms with van der Waals surface area (Å²) in [6.07, 6.45) is 7.59. The predicted molar refractivity (Wildman–Crippen MR) is 119 cm³/mol. The van der Waals surface area contributed by atoms with Gasteiger partial charge in [-0.2, -0.15) is 0 Å². The molecule has 28 heavy (non-hydrogen) atoms. The highest BCUT2D eigenvalue weighted by molar-refractivity contribution is 6.90. The minimum absolute atomic E-state index is 0.107. The summed E-state index contributed by atoms with van der Waals surface area (Å²) in [5.41, 5.74) is 6.94. The molecule has 1 amide bonds. The van der Waals surface area contributed by atoms with Gasteiger partial charge in [0.05, 0.1) is 11.9 Å². The van der Waals surface area contributed by atoms with Crippen molar-refractivity contribution in [3.05, 3.63) is 23.8 Å². The monoisotopic (exact) mass is 399 g/mol. The second-order valence-electron chi connectivity index (χ2n) is 9.18. The van der Waals surface area contributed by atoms with Gasteiger partial charge in [0.25, 0.3) is 5.91 Å². The highest BCUT2D eigenvalue weighted by Gasteiger charge is 2.42. The molecule has 1 heterocycles. The Kier molecular flexibility index (Phi) is 7.83. The van der Waals surface area contributed by atoms with E-state index in [0.29, 0.717) is 22.3 Å². The molecule has 5 heteroatoms. The minimum atomic E-state index is -1.75. The third kappa shape index (κ3) is 5.02. The van der Waals surface area contributed by atoms with Crippen molar-refractivity contribution in [2.24, 2.45) is 5.92 Å². The summed E-state index contributed by atoms with van der Waals surface area (Å²) in [6.45, 7) is 15.9. The van der Waals surface area contributed by atoms with Crippen LogP contribution in [-0.4, -0.2) is 30.0 Å². The molecule has 1 fully saturated rings. The predicted octanol–water partition coefficient (Wildman–Crippen LogP) is 5.30. The highest BCUT2D eigenvalue weighted by Crippen LogP contribution is 2.41. The van der Waals surface area contributed by atoms with Gasteiger partial charge in [0.15, 0.2) is 0 Å². The molecule has 2 atom stereocenters. The van der Waals surface area contributed by atoms with Gasteiger partial charge in [-0.05, 0) is 36.4 Å². The molecule has 2 rings (SSSR count). The summed E-state index contributed by atoms with van der Waals surface area (Å²) in [4.78, 5) is 21.1. The Hall–Kier alpha value is -1.67. The summed E-state index contributed by atoms with van der Waals surface area (Å²) in [5.74, 6) is 3.79. The van der Waals surface area contributed by atoms with E-state index in [4.69, 9.17) is 0 Å². The van der Waals surface area contributed by atoms with Crippen LogP contribution in [-0.2, 0) is 0 Å². The number of hydrogen-bond donors (Lipinski definition) is 1. The average molecular weight is 400 g/mol. The standard InChI is InChI=1S/C23H37N3OSi/c1-16(2)28(17(3)4,18(5)6)13-12-20-10-8-9-11-21(20)26-23(27)22-15-24-19(7)14-25-22/h14-18,20-21H,8-11H2,1-7H3,(H,26,27). The first-order chi connectivity index (χ1) is 13.2. The Labute approximate surface area is 172 Å². The largest absolute Gasteiger partial charge is 0.347 e. The maximum atomic E-state index is 12.6. The number of carbonyl (C=O) groups excluding carboxylic acids is 1. The zero-order valence-electron chi connectivity index (χ0n) is 18.7. The van der Waals surface area contributed by atoms with Crippen LogP contribution >= 0.6 is 0 Å². The molecule has 0 bridgehead atoms. The number of nitrogens with zero attached hydrogens (tertiary/aromatic N) is 2. The lowest BCUT2D eigenvalue weighted by Crippen LogP contribution is -2.45. The van der Waals surface area contributed by atoms with Crippen molar-refractivity contribution in [2.45, 2.75) is 96.8 Å². The summed E-state index contributed by atoms with van der Waals surface area (Å²) in [5, 5.41) is 3.20. The van der Waals surface area contributed by atoms with Crippen LogP contribution in [0.1, 0.15) is 83.4 Å². The Balaban J connectivity index is 2.22. The fourth-order valence-electron chi connectivity index (χ4n) is 4.88. The Bertz CT molecular complexity index is 694. The Morgan fingerprint density at radius 1 is 1.04 bits per heavy atom. The van der Waals surface area contributed by atoms with E-state index >= 15 is 0 Å². The molecule has 1 aliphatic rings. The molecule has 2 unspecified atom stereocenters. The van der Waals surface area contributed by atoms with Crippen LogP contribution in [0.5, 0.6) is 0 Å². The van der Waals surface area contributed by atoms with E-state index in [1.807, 2.05) is 6.92 Å². The van der Waals surface area contributed by atoms with Gasteiger partial charge in [0, 0.05) is 18.2 Å². The number of nitrogens with one attached hydrogen (secondary N) is 1. The first-order valence-electron chi connectivity index (χ1n) is 10.8. The molecular weight excluding hydrogens is 362 g/mol. The highest BCUT2D eigenvalue weighted by atomic mass is 28.3. The smallest absolute Gasteiger partial charge is 0.271 e. The number of aromatic nitrogens is 2. The first kappa shape index (κ1) is 22.6. The van der Waals surface area contributed by atoms with Gasteiger partial charge in [-0.25, -0.2) is 4.98 Å². The molecule has 4 nitrogen and oxygen atoms in total. The van der Waals surface area contributed by atoms with Crippen LogP contribution in [0.25, 0.3) is 0 Å². The van der Waals surface area contributed by atoms with Crippen molar-refractivity contribution < 1.29 is 4.79 Å². The second kappa shape index (κ2) is 9.69. The summed E-state index contributed by atoms with van der Waals surface area (Å²) in [7, 11) is -1.75. The third-order valence-electron chi connectivity index (χ3n) is 6.44. The molecule has 154 valence electrons. The van der Waals surface area contributed by atoms with Crippen molar-refractivity contribution in [3.63, 3.8) is 0 Å². The number of amides is 1. The minimum Gasteiger partial charge on any atom is -0.347 e. The van der Waals surface area contributed by atoms with Gasteiger partial charge in [-0.3, -0.25) is 9.78 Å². The SMILES string of the molecule is Cc1cnc(C(=O)NC2CCCCC2C#C[Si](C(C)C)(C(C)C)C(C)C)cn1. The molecule has 0 aliphatic heterocycles. The lowest BCUT2D eigenvalue weighted by Gasteiger charge is -2.38. The molecule has 1 N–H and O–H groups in total. The maximum absolute atomic E-state index is 12.6. The van der Waals surface area contributed by atoms with Crippen LogP contribution in [0, 0.1) is 24.3 Å². The molecule has 0 radical (unpaired) electrons. The van der Waals surface area contributed by atoms with Crippen molar-refractivity contribution in [3.8, 4) is 11.5 Å². The van der Waals surface area contributed by atoms with Crippen LogP contribution < -0.4 is 5.32 Å². The quantitative estimate of drug-likeness (QED) is 0.540. The van der Waals surface area contributed by atoms with E-state index in [1.54, 1.807) is 12.4 Å². The second-order valence-corrected chi connectivity index (χ2v) is 14.8. The lowest BCUT2D eigenvalue weighted by atomic mass is 9.85. The molecule has 0 spiro atoms. The van der Waals surface area contributed by atoms with Gasteiger partial charge >= 0.3 is 0 Å². The van der Waals surface area contributed by atoms with Crippen LogP contribution in [0.2, 0.25) is 16.6 Å². The molecule has 1 saturated carbocycles. The normalized spacial score (nSPS) is 20.2. The number of aryl methyl sites for hydroxylation is 1. The van der Waals surface area contributed by atoms with Crippen LogP contribution in [0.4, 0.5) is 0 Å². The van der Waals surface area contributed by atoms with Crippen LogP contribution in [0.15, 0.2) is 12.4 Å². The van der Waals surface area contributed by atoms with Crippen molar-refractivity contribution in [1.82, 2.24) is 15.3 Å². The van der Waals surface area contributed by atoms with Gasteiger partial charge in [-0.1, -0.05) is 54.4 Å².